The normalized spacial score (nSPS) is 11.1. The lowest BCUT2D eigenvalue weighted by atomic mass is 10.2. The van der Waals surface area contributed by atoms with Gasteiger partial charge < -0.3 is 14.7 Å². The van der Waals surface area contributed by atoms with E-state index in [9.17, 15) is 4.79 Å². The summed E-state index contributed by atoms with van der Waals surface area (Å²) in [6.45, 7) is 2.02. The molecule has 3 aromatic heterocycles. The number of nitrogens with zero attached hydrogens (tertiary/aromatic N) is 2. The zero-order valence-corrected chi connectivity index (χ0v) is 12.0. The molecule has 0 unspecified atom stereocenters. The van der Waals surface area contributed by atoms with Crippen LogP contribution in [0, 0.1) is 6.92 Å². The van der Waals surface area contributed by atoms with Crippen LogP contribution in [-0.4, -0.2) is 20.3 Å². The first-order chi connectivity index (χ1) is 10.7. The molecule has 0 saturated heterocycles. The number of carbonyl (C=O) groups excluding carboxylic acids is 1. The van der Waals surface area contributed by atoms with Gasteiger partial charge in [-0.2, -0.15) is 0 Å². The van der Waals surface area contributed by atoms with Gasteiger partial charge in [-0.25, -0.2) is 4.98 Å². The van der Waals surface area contributed by atoms with Crippen molar-refractivity contribution in [1.29, 1.82) is 0 Å². The minimum absolute atomic E-state index is 0.157. The van der Waals surface area contributed by atoms with Crippen molar-refractivity contribution in [3.8, 4) is 0 Å². The average molecular weight is 290 g/mol. The molecule has 0 aliphatic heterocycles. The van der Waals surface area contributed by atoms with Crippen molar-refractivity contribution in [2.24, 2.45) is 0 Å². The van der Waals surface area contributed by atoms with E-state index in [1.54, 1.807) is 6.20 Å². The van der Waals surface area contributed by atoms with E-state index in [1.165, 1.54) is 0 Å². The predicted molar refractivity (Wildman–Crippen MR) is 86.2 cm³/mol. The fourth-order valence-corrected chi connectivity index (χ4v) is 2.62. The van der Waals surface area contributed by atoms with Gasteiger partial charge in [0.05, 0.1) is 5.69 Å². The topological polar surface area (TPSA) is 62.2 Å². The molecule has 2 N–H and O–H groups in total. The second-order valence-electron chi connectivity index (χ2n) is 5.29. The SMILES string of the molecule is Cc1cccc2cc(C(=O)Nc3ccc4nccn4c3)[nH]c12. The minimum atomic E-state index is -0.157. The molecule has 0 radical (unpaired) electrons. The zero-order chi connectivity index (χ0) is 15.1. The number of aromatic nitrogens is 3. The van der Waals surface area contributed by atoms with Gasteiger partial charge in [-0.05, 0) is 30.7 Å². The smallest absolute Gasteiger partial charge is 0.272 e. The Morgan fingerprint density at radius 2 is 2.18 bits per heavy atom. The van der Waals surface area contributed by atoms with Gasteiger partial charge in [0.1, 0.15) is 11.3 Å². The quantitative estimate of drug-likeness (QED) is 0.594. The van der Waals surface area contributed by atoms with Gasteiger partial charge in [-0.1, -0.05) is 18.2 Å². The number of nitrogens with one attached hydrogen (secondary N) is 2. The van der Waals surface area contributed by atoms with Crippen LogP contribution in [0.5, 0.6) is 0 Å². The van der Waals surface area contributed by atoms with Crippen molar-refractivity contribution in [3.05, 3.63) is 66.2 Å². The first kappa shape index (κ1) is 12.6. The number of carbonyl (C=O) groups is 1. The highest BCUT2D eigenvalue weighted by molar-refractivity contribution is 6.06. The van der Waals surface area contributed by atoms with Crippen molar-refractivity contribution in [2.45, 2.75) is 6.92 Å². The lowest BCUT2D eigenvalue weighted by Gasteiger charge is -2.04. The maximum Gasteiger partial charge on any atom is 0.272 e. The number of imidazole rings is 1. The number of anilines is 1. The molecular formula is C17H14N4O. The molecule has 1 amide bonds. The van der Waals surface area contributed by atoms with Crippen LogP contribution in [0.1, 0.15) is 16.1 Å². The van der Waals surface area contributed by atoms with Gasteiger partial charge in [0.2, 0.25) is 0 Å². The average Bonchev–Trinajstić information content (AvgIpc) is 3.13. The van der Waals surface area contributed by atoms with Gasteiger partial charge in [-0.15, -0.1) is 0 Å². The molecule has 108 valence electrons. The number of hydrogen-bond acceptors (Lipinski definition) is 2. The standard InChI is InChI=1S/C17H14N4O/c1-11-3-2-4-12-9-14(20-16(11)12)17(22)19-13-5-6-15-18-7-8-21(15)10-13/h2-10,20H,1H3,(H,19,22). The molecule has 22 heavy (non-hydrogen) atoms. The van der Waals surface area contributed by atoms with Crippen molar-refractivity contribution in [2.75, 3.05) is 5.32 Å². The number of aromatic amines is 1. The molecule has 5 heteroatoms. The van der Waals surface area contributed by atoms with Gasteiger partial charge >= 0.3 is 0 Å². The maximum atomic E-state index is 12.4. The van der Waals surface area contributed by atoms with Crippen molar-refractivity contribution >= 4 is 28.1 Å². The molecule has 1 aromatic carbocycles. The van der Waals surface area contributed by atoms with Crippen LogP contribution in [0.25, 0.3) is 16.6 Å². The molecule has 0 aliphatic rings. The van der Waals surface area contributed by atoms with Crippen molar-refractivity contribution in [1.82, 2.24) is 14.4 Å². The summed E-state index contributed by atoms with van der Waals surface area (Å²) in [5.74, 6) is -0.157. The molecule has 0 spiro atoms. The molecule has 4 rings (SSSR count). The Hall–Kier alpha value is -3.08. The van der Waals surface area contributed by atoms with Crippen molar-refractivity contribution < 1.29 is 4.79 Å². The van der Waals surface area contributed by atoms with E-state index in [2.05, 4.69) is 15.3 Å². The van der Waals surface area contributed by atoms with Crippen molar-refractivity contribution in [3.63, 3.8) is 0 Å². The Bertz CT molecular complexity index is 996. The molecule has 0 saturated carbocycles. The van der Waals surface area contributed by atoms with E-state index in [0.717, 1.165) is 27.8 Å². The van der Waals surface area contributed by atoms with E-state index in [4.69, 9.17) is 0 Å². The molecule has 4 aromatic rings. The Morgan fingerprint density at radius 1 is 1.27 bits per heavy atom. The maximum absolute atomic E-state index is 12.4. The predicted octanol–water partition coefficient (Wildman–Crippen LogP) is 3.38. The van der Waals surface area contributed by atoms with Crippen LogP contribution in [-0.2, 0) is 0 Å². The number of rotatable bonds is 2. The highest BCUT2D eigenvalue weighted by atomic mass is 16.1. The molecule has 0 bridgehead atoms. The first-order valence-corrected chi connectivity index (χ1v) is 7.03. The van der Waals surface area contributed by atoms with Gasteiger partial charge in [0.15, 0.2) is 0 Å². The summed E-state index contributed by atoms with van der Waals surface area (Å²) in [5.41, 5.74) is 4.24. The summed E-state index contributed by atoms with van der Waals surface area (Å²) >= 11 is 0. The fraction of sp³-hybridized carbons (Fsp3) is 0.0588. The van der Waals surface area contributed by atoms with Gasteiger partial charge in [0, 0.05) is 29.5 Å². The summed E-state index contributed by atoms with van der Waals surface area (Å²) in [4.78, 5) is 19.8. The summed E-state index contributed by atoms with van der Waals surface area (Å²) in [6.07, 6.45) is 5.41. The number of benzene rings is 1. The molecule has 0 atom stereocenters. The molecule has 5 nitrogen and oxygen atoms in total. The monoisotopic (exact) mass is 290 g/mol. The van der Waals surface area contributed by atoms with E-state index in [-0.39, 0.29) is 5.91 Å². The van der Waals surface area contributed by atoms with Gasteiger partial charge in [0.25, 0.3) is 5.91 Å². The van der Waals surface area contributed by atoms with E-state index in [1.807, 2.05) is 60.1 Å². The largest absolute Gasteiger partial charge is 0.350 e. The van der Waals surface area contributed by atoms with Crippen LogP contribution < -0.4 is 5.32 Å². The molecule has 3 heterocycles. The lowest BCUT2D eigenvalue weighted by molar-refractivity contribution is 0.102. The third kappa shape index (κ3) is 2.03. The van der Waals surface area contributed by atoms with Crippen LogP contribution >= 0.6 is 0 Å². The Morgan fingerprint density at radius 3 is 3.05 bits per heavy atom. The van der Waals surface area contributed by atoms with E-state index in [0.29, 0.717) is 5.69 Å². The summed E-state index contributed by atoms with van der Waals surface area (Å²) < 4.78 is 1.87. The van der Waals surface area contributed by atoms with Crippen LogP contribution in [0.4, 0.5) is 5.69 Å². The second-order valence-corrected chi connectivity index (χ2v) is 5.29. The lowest BCUT2D eigenvalue weighted by Crippen LogP contribution is -2.12. The minimum Gasteiger partial charge on any atom is -0.350 e. The number of fused-ring (bicyclic) bond motifs is 2. The summed E-state index contributed by atoms with van der Waals surface area (Å²) in [5, 5.41) is 3.94. The summed E-state index contributed by atoms with van der Waals surface area (Å²) in [6, 6.07) is 11.6. The Labute approximate surface area is 126 Å². The van der Waals surface area contributed by atoms with Crippen LogP contribution in [0.2, 0.25) is 0 Å². The fourth-order valence-electron chi connectivity index (χ4n) is 2.62. The highest BCUT2D eigenvalue weighted by Crippen LogP contribution is 2.19. The Kier molecular flexibility index (Phi) is 2.72. The number of para-hydroxylation sites is 1. The number of H-pyrrole nitrogens is 1. The second kappa shape index (κ2) is 4.73. The highest BCUT2D eigenvalue weighted by Gasteiger charge is 2.11. The Balaban J connectivity index is 1.66. The number of pyridine rings is 1. The number of hydrogen-bond donors (Lipinski definition) is 2. The molecule has 0 fully saturated rings. The third-order valence-corrected chi connectivity index (χ3v) is 3.76. The third-order valence-electron chi connectivity index (χ3n) is 3.76. The van der Waals surface area contributed by atoms with E-state index < -0.39 is 0 Å². The van der Waals surface area contributed by atoms with E-state index >= 15 is 0 Å². The molecule has 0 aliphatic carbocycles. The summed E-state index contributed by atoms with van der Waals surface area (Å²) in [7, 11) is 0. The number of aryl methyl sites for hydroxylation is 1. The molecular weight excluding hydrogens is 276 g/mol. The number of amides is 1. The van der Waals surface area contributed by atoms with Crippen LogP contribution in [0.15, 0.2) is 55.0 Å². The van der Waals surface area contributed by atoms with Crippen LogP contribution in [0.3, 0.4) is 0 Å². The zero-order valence-electron chi connectivity index (χ0n) is 12.0. The van der Waals surface area contributed by atoms with Gasteiger partial charge in [-0.3, -0.25) is 4.79 Å². The first-order valence-electron chi connectivity index (χ1n) is 7.03.